The van der Waals surface area contributed by atoms with Crippen molar-refractivity contribution in [3.63, 3.8) is 0 Å². The Morgan fingerprint density at radius 2 is 1.36 bits per heavy atom. The number of aromatic nitrogens is 2. The summed E-state index contributed by atoms with van der Waals surface area (Å²) in [6.45, 7) is 2.37. The highest BCUT2D eigenvalue weighted by atomic mass is 32.2. The van der Waals surface area contributed by atoms with Crippen molar-refractivity contribution >= 4 is 23.7 Å². The maximum atomic E-state index is 13.1. The summed E-state index contributed by atoms with van der Waals surface area (Å²) in [5, 5.41) is -0.710. The molecule has 3 aromatic carbocycles. The second-order valence-electron chi connectivity index (χ2n) is 9.82. The van der Waals surface area contributed by atoms with Crippen LogP contribution in [0.4, 0.5) is 0 Å². The van der Waals surface area contributed by atoms with Gasteiger partial charge >= 0.3 is 17.6 Å². The molecule has 0 radical (unpaired) electrons. The minimum atomic E-state index is -1.00. The van der Waals surface area contributed by atoms with Crippen LogP contribution in [0.3, 0.4) is 0 Å². The molecule has 1 fully saturated rings. The molecule has 4 aromatic rings. The van der Waals surface area contributed by atoms with Gasteiger partial charge in [0, 0.05) is 26.1 Å². The van der Waals surface area contributed by atoms with E-state index in [0.717, 1.165) is 16.7 Å². The Labute approximate surface area is 246 Å². The van der Waals surface area contributed by atoms with Gasteiger partial charge in [-0.05, 0) is 16.7 Å². The van der Waals surface area contributed by atoms with Crippen LogP contribution in [0, 0.1) is 0 Å². The molecule has 1 aromatic heterocycles. The lowest BCUT2D eigenvalue weighted by Crippen LogP contribution is -2.41. The fourth-order valence-corrected chi connectivity index (χ4v) is 7.18. The predicted molar refractivity (Wildman–Crippen MR) is 158 cm³/mol. The van der Waals surface area contributed by atoms with E-state index in [9.17, 15) is 19.2 Å². The maximum Gasteiger partial charge on any atom is 0.330 e. The summed E-state index contributed by atoms with van der Waals surface area (Å²) in [7, 11) is 0. The van der Waals surface area contributed by atoms with E-state index in [-0.39, 0.29) is 6.61 Å². The van der Waals surface area contributed by atoms with Crippen molar-refractivity contribution in [2.45, 2.75) is 42.3 Å². The van der Waals surface area contributed by atoms with Crippen LogP contribution in [0.2, 0.25) is 0 Å². The van der Waals surface area contributed by atoms with Crippen molar-refractivity contribution in [3.8, 4) is 0 Å². The zero-order valence-electron chi connectivity index (χ0n) is 23.0. The van der Waals surface area contributed by atoms with Crippen LogP contribution < -0.4 is 11.2 Å². The van der Waals surface area contributed by atoms with Crippen LogP contribution in [-0.2, 0) is 28.5 Å². The van der Waals surface area contributed by atoms with Gasteiger partial charge in [-0.15, -0.1) is 11.8 Å². The molecule has 0 saturated carbocycles. The van der Waals surface area contributed by atoms with E-state index in [4.69, 9.17) is 14.2 Å². The molecule has 0 aliphatic carbocycles. The first-order valence-electron chi connectivity index (χ1n) is 13.4. The van der Waals surface area contributed by atoms with E-state index in [0.29, 0.717) is 0 Å². The average molecular weight is 587 g/mol. The normalized spacial score (nSPS) is 20.1. The Morgan fingerprint density at radius 3 is 1.81 bits per heavy atom. The van der Waals surface area contributed by atoms with E-state index in [2.05, 4.69) is 4.98 Å². The van der Waals surface area contributed by atoms with Crippen LogP contribution in [0.15, 0.2) is 113 Å². The fraction of sp³-hybridized carbons (Fsp3) is 0.250. The molecular formula is C32H30N2O7S. The third-order valence-corrected chi connectivity index (χ3v) is 8.85. The van der Waals surface area contributed by atoms with Crippen LogP contribution in [0.5, 0.6) is 0 Å². The average Bonchev–Trinajstić information content (AvgIpc) is 3.31. The molecule has 2 heterocycles. The molecular weight excluding hydrogens is 556 g/mol. The minimum Gasteiger partial charge on any atom is -0.463 e. The van der Waals surface area contributed by atoms with E-state index < -0.39 is 51.6 Å². The molecule has 9 nitrogen and oxygen atoms in total. The van der Waals surface area contributed by atoms with Crippen molar-refractivity contribution in [1.29, 1.82) is 0 Å². The summed E-state index contributed by atoms with van der Waals surface area (Å²) >= 11 is 1.47. The van der Waals surface area contributed by atoms with Gasteiger partial charge in [-0.2, -0.15) is 0 Å². The van der Waals surface area contributed by atoms with Gasteiger partial charge in [0.2, 0.25) is 0 Å². The number of nitrogens with one attached hydrogen (secondary N) is 1. The number of hydrogen-bond acceptors (Lipinski definition) is 8. The van der Waals surface area contributed by atoms with Gasteiger partial charge in [-0.3, -0.25) is 23.9 Å². The second kappa shape index (κ2) is 12.6. The lowest BCUT2D eigenvalue weighted by Gasteiger charge is -2.39. The lowest BCUT2D eigenvalue weighted by atomic mass is 9.84. The van der Waals surface area contributed by atoms with Crippen LogP contribution >= 0.6 is 11.8 Å². The van der Waals surface area contributed by atoms with Crippen LogP contribution in [-0.4, -0.2) is 45.6 Å². The Bertz CT molecular complexity index is 1540. The van der Waals surface area contributed by atoms with E-state index in [1.807, 2.05) is 91.0 Å². The van der Waals surface area contributed by atoms with Gasteiger partial charge in [0.25, 0.3) is 5.56 Å². The van der Waals surface area contributed by atoms with Crippen molar-refractivity contribution < 1.29 is 23.8 Å². The first kappa shape index (κ1) is 29.1. The molecule has 1 N–H and O–H groups in total. The molecule has 1 aliphatic rings. The van der Waals surface area contributed by atoms with Crippen molar-refractivity contribution in [2.24, 2.45) is 0 Å². The summed E-state index contributed by atoms with van der Waals surface area (Å²) in [5.41, 5.74) is 1.61. The SMILES string of the molecule is CC(=O)OC[C@H]1O[C@@H](n2ccc(=O)[nH]c2=O)[C@H](SC(c2ccccc2)(c2ccccc2)c2ccccc2)[C@@H]1OC(C)=O. The molecule has 4 atom stereocenters. The highest BCUT2D eigenvalue weighted by Crippen LogP contribution is 2.55. The molecule has 10 heteroatoms. The number of nitrogens with zero attached hydrogens (tertiary/aromatic N) is 1. The Hall–Kier alpha value is -4.41. The van der Waals surface area contributed by atoms with E-state index >= 15 is 0 Å². The van der Waals surface area contributed by atoms with E-state index in [1.54, 1.807) is 0 Å². The Morgan fingerprint density at radius 1 is 0.833 bits per heavy atom. The number of hydrogen-bond donors (Lipinski definition) is 1. The first-order valence-corrected chi connectivity index (χ1v) is 14.3. The fourth-order valence-electron chi connectivity index (χ4n) is 5.28. The third-order valence-electron chi connectivity index (χ3n) is 7.02. The molecule has 1 saturated heterocycles. The monoisotopic (exact) mass is 586 g/mol. The highest BCUT2D eigenvalue weighted by Gasteiger charge is 2.53. The summed E-state index contributed by atoms with van der Waals surface area (Å²) in [4.78, 5) is 51.5. The number of H-pyrrole nitrogens is 1. The molecule has 0 spiro atoms. The molecule has 42 heavy (non-hydrogen) atoms. The summed E-state index contributed by atoms with van der Waals surface area (Å²) in [6.07, 6.45) is -1.46. The standard InChI is InChI=1S/C32H30N2O7S/c1-21(35)39-20-26-28(40-22(2)36)29(30(41-26)34-19-18-27(37)33-31(34)38)42-32(23-12-6-3-7-13-23,24-14-8-4-9-15-24)25-16-10-5-11-17-25/h3-19,26,28-30H,20H2,1-2H3,(H,33,37,38)/t26-,28-,29-,30-/m1/s1. The predicted octanol–water partition coefficient (Wildman–Crippen LogP) is 4.02. The third kappa shape index (κ3) is 5.95. The Balaban J connectivity index is 1.75. The topological polar surface area (TPSA) is 117 Å². The molecule has 216 valence electrons. The van der Waals surface area contributed by atoms with E-state index in [1.165, 1.54) is 42.4 Å². The number of ether oxygens (including phenoxy) is 3. The van der Waals surface area contributed by atoms with Gasteiger partial charge in [-0.25, -0.2) is 4.79 Å². The largest absolute Gasteiger partial charge is 0.463 e. The van der Waals surface area contributed by atoms with Gasteiger partial charge in [-0.1, -0.05) is 91.0 Å². The number of thioether (sulfide) groups is 1. The second-order valence-corrected chi connectivity index (χ2v) is 11.2. The molecule has 1 aliphatic heterocycles. The number of aromatic amines is 1. The molecule has 0 amide bonds. The summed E-state index contributed by atoms with van der Waals surface area (Å²) in [6, 6.07) is 31.0. The van der Waals surface area contributed by atoms with Crippen molar-refractivity contribution in [3.05, 3.63) is 141 Å². The number of rotatable bonds is 9. The minimum absolute atomic E-state index is 0.200. The van der Waals surface area contributed by atoms with Gasteiger partial charge in [0.15, 0.2) is 6.23 Å². The highest BCUT2D eigenvalue weighted by molar-refractivity contribution is 8.01. The molecule has 0 bridgehead atoms. The first-order chi connectivity index (χ1) is 20.3. The van der Waals surface area contributed by atoms with Crippen molar-refractivity contribution in [1.82, 2.24) is 9.55 Å². The number of carbonyl (C=O) groups excluding carboxylic acids is 2. The quantitative estimate of drug-likeness (QED) is 0.231. The number of esters is 2. The smallest absolute Gasteiger partial charge is 0.330 e. The summed E-state index contributed by atoms with van der Waals surface area (Å²) in [5.74, 6) is -1.08. The van der Waals surface area contributed by atoms with Gasteiger partial charge in [0.05, 0.1) is 10.00 Å². The summed E-state index contributed by atoms with van der Waals surface area (Å²) < 4.78 is 17.9. The Kier molecular flexibility index (Phi) is 8.75. The lowest BCUT2D eigenvalue weighted by molar-refractivity contribution is -0.155. The number of carbonyl (C=O) groups is 2. The molecule has 5 rings (SSSR count). The van der Waals surface area contributed by atoms with Gasteiger partial charge in [0.1, 0.15) is 18.8 Å². The van der Waals surface area contributed by atoms with Gasteiger partial charge < -0.3 is 14.2 Å². The van der Waals surface area contributed by atoms with Crippen LogP contribution in [0.1, 0.15) is 36.8 Å². The zero-order valence-corrected chi connectivity index (χ0v) is 23.9. The van der Waals surface area contributed by atoms with Crippen LogP contribution in [0.25, 0.3) is 0 Å². The zero-order chi connectivity index (χ0) is 29.7. The molecule has 0 unspecified atom stereocenters. The maximum absolute atomic E-state index is 13.1. The number of benzene rings is 3. The van der Waals surface area contributed by atoms with Crippen molar-refractivity contribution in [2.75, 3.05) is 6.61 Å².